The third-order valence-corrected chi connectivity index (χ3v) is 12.5. The van der Waals surface area contributed by atoms with Gasteiger partial charge in [0.1, 0.15) is 0 Å². The van der Waals surface area contributed by atoms with Crippen LogP contribution in [0.25, 0.3) is 0 Å². The number of carbonyl (C=O) groups is 1. The molecule has 3 heteroatoms. The van der Waals surface area contributed by atoms with Crippen LogP contribution in [0.4, 0.5) is 0 Å². The van der Waals surface area contributed by atoms with Crippen LogP contribution in [0.2, 0.25) is 0 Å². The third-order valence-electron chi connectivity index (χ3n) is 12.5. The minimum Gasteiger partial charge on any atom is -0.481 e. The zero-order chi connectivity index (χ0) is 23.3. The quantitative estimate of drug-likeness (QED) is 0.443. The monoisotopic (exact) mass is 440 g/mol. The number of rotatable bonds is 1. The van der Waals surface area contributed by atoms with Crippen LogP contribution < -0.4 is 0 Å². The summed E-state index contributed by atoms with van der Waals surface area (Å²) in [5.41, 5.74) is 2.55. The molecule has 32 heavy (non-hydrogen) atoms. The van der Waals surface area contributed by atoms with Gasteiger partial charge in [-0.3, -0.25) is 4.79 Å². The summed E-state index contributed by atoms with van der Waals surface area (Å²) in [6.45, 7) is 16.5. The number of aliphatic hydroxyl groups excluding tert-OH is 1. The van der Waals surface area contributed by atoms with Crippen molar-refractivity contribution in [3.63, 3.8) is 0 Å². The van der Waals surface area contributed by atoms with Gasteiger partial charge in [0.25, 0.3) is 0 Å². The lowest BCUT2D eigenvalue weighted by molar-refractivity contribution is -0.203. The molecule has 2 N–H and O–H groups in total. The van der Waals surface area contributed by atoms with E-state index in [-0.39, 0.29) is 33.7 Å². The van der Waals surface area contributed by atoms with Crippen LogP contribution in [0.15, 0.2) is 23.8 Å². The van der Waals surface area contributed by atoms with Crippen molar-refractivity contribution in [2.24, 2.45) is 44.8 Å². The van der Waals surface area contributed by atoms with E-state index in [2.05, 4.69) is 47.3 Å². The van der Waals surface area contributed by atoms with Crippen LogP contribution in [0.1, 0.15) is 98.8 Å². The molecule has 0 heterocycles. The molecule has 0 aromatic carbocycles. The fourth-order valence-corrected chi connectivity index (χ4v) is 10.2. The molecule has 3 unspecified atom stereocenters. The molecule has 178 valence electrons. The van der Waals surface area contributed by atoms with E-state index >= 15 is 0 Å². The number of hydrogen-bond donors (Lipinski definition) is 2. The van der Waals surface area contributed by atoms with Crippen LogP contribution in [0.5, 0.6) is 0 Å². The summed E-state index contributed by atoms with van der Waals surface area (Å²) >= 11 is 0. The Labute approximate surface area is 194 Å². The van der Waals surface area contributed by atoms with Gasteiger partial charge in [-0.1, -0.05) is 58.4 Å². The number of aliphatic hydroxyl groups is 1. The molecule has 5 aliphatic rings. The average Bonchev–Trinajstić information content (AvgIpc) is 2.71. The van der Waals surface area contributed by atoms with Gasteiger partial charge in [-0.2, -0.15) is 0 Å². The van der Waals surface area contributed by atoms with E-state index in [4.69, 9.17) is 0 Å². The Balaban J connectivity index is 1.60. The maximum atomic E-state index is 12.6. The van der Waals surface area contributed by atoms with Gasteiger partial charge < -0.3 is 10.2 Å². The van der Waals surface area contributed by atoms with Crippen molar-refractivity contribution in [1.82, 2.24) is 0 Å². The SMILES string of the molecule is C=C1CCC2(C(=O)O)CC[C@]3(C)C(=CC[C@H]4C3(C)CC[C@H]3C(C)(C)[C@H](O)CC[C@@]34C)C2C1. The summed E-state index contributed by atoms with van der Waals surface area (Å²) in [5.74, 6) is 0.682. The Morgan fingerprint density at radius 1 is 1.00 bits per heavy atom. The normalized spacial score (nSPS) is 52.1. The van der Waals surface area contributed by atoms with E-state index in [0.29, 0.717) is 11.8 Å². The minimum atomic E-state index is -0.590. The van der Waals surface area contributed by atoms with Gasteiger partial charge in [0.05, 0.1) is 11.5 Å². The van der Waals surface area contributed by atoms with E-state index in [1.165, 1.54) is 24.0 Å². The summed E-state index contributed by atoms with van der Waals surface area (Å²) in [5, 5.41) is 21.2. The molecule has 4 saturated carbocycles. The fraction of sp³-hybridized carbons (Fsp3) is 0.828. The number of carboxylic acids is 1. The summed E-state index contributed by atoms with van der Waals surface area (Å²) < 4.78 is 0. The Morgan fingerprint density at radius 2 is 1.72 bits per heavy atom. The number of hydrogen-bond acceptors (Lipinski definition) is 2. The highest BCUT2D eigenvalue weighted by Gasteiger charge is 2.68. The summed E-state index contributed by atoms with van der Waals surface area (Å²) in [6.07, 6.45) is 12.0. The Morgan fingerprint density at radius 3 is 2.41 bits per heavy atom. The van der Waals surface area contributed by atoms with Gasteiger partial charge in [0, 0.05) is 5.92 Å². The van der Waals surface area contributed by atoms with Crippen LogP contribution in [0.3, 0.4) is 0 Å². The maximum Gasteiger partial charge on any atom is 0.310 e. The highest BCUT2D eigenvalue weighted by Crippen LogP contribution is 2.75. The van der Waals surface area contributed by atoms with E-state index in [1.807, 2.05) is 0 Å². The second-order valence-corrected chi connectivity index (χ2v) is 13.6. The third kappa shape index (κ3) is 2.55. The lowest BCUT2D eigenvalue weighted by atomic mass is 9.34. The predicted molar refractivity (Wildman–Crippen MR) is 128 cm³/mol. The van der Waals surface area contributed by atoms with Crippen LogP contribution >= 0.6 is 0 Å². The first-order valence-corrected chi connectivity index (χ1v) is 13.1. The van der Waals surface area contributed by atoms with Gasteiger partial charge in [0.2, 0.25) is 0 Å². The molecule has 8 atom stereocenters. The fourth-order valence-electron chi connectivity index (χ4n) is 10.2. The van der Waals surface area contributed by atoms with Crippen LogP contribution in [-0.2, 0) is 4.79 Å². The first-order valence-electron chi connectivity index (χ1n) is 13.1. The summed E-state index contributed by atoms with van der Waals surface area (Å²) in [6, 6.07) is 0. The predicted octanol–water partition coefficient (Wildman–Crippen LogP) is 6.76. The van der Waals surface area contributed by atoms with Crippen molar-refractivity contribution < 1.29 is 15.0 Å². The topological polar surface area (TPSA) is 57.5 Å². The molecule has 5 rings (SSSR count). The Kier molecular flexibility index (Phi) is 4.78. The molecule has 0 aromatic heterocycles. The van der Waals surface area contributed by atoms with Crippen LogP contribution in [-0.4, -0.2) is 22.3 Å². The molecule has 5 aliphatic carbocycles. The highest BCUT2D eigenvalue weighted by atomic mass is 16.4. The van der Waals surface area contributed by atoms with Crippen molar-refractivity contribution in [3.8, 4) is 0 Å². The summed E-state index contributed by atoms with van der Waals surface area (Å²) in [4.78, 5) is 12.6. The lowest BCUT2D eigenvalue weighted by Crippen LogP contribution is -2.64. The van der Waals surface area contributed by atoms with Crippen molar-refractivity contribution in [3.05, 3.63) is 23.8 Å². The van der Waals surface area contributed by atoms with E-state index < -0.39 is 11.4 Å². The van der Waals surface area contributed by atoms with Crippen molar-refractivity contribution in [2.75, 3.05) is 0 Å². The first-order chi connectivity index (χ1) is 14.8. The smallest absolute Gasteiger partial charge is 0.310 e. The lowest BCUT2D eigenvalue weighted by Gasteiger charge is -2.70. The molecule has 0 aromatic rings. The molecule has 3 nitrogen and oxygen atoms in total. The molecular weight excluding hydrogens is 396 g/mol. The Hall–Kier alpha value is -1.09. The first kappa shape index (κ1) is 22.7. The highest BCUT2D eigenvalue weighted by molar-refractivity contribution is 5.77. The second-order valence-electron chi connectivity index (χ2n) is 13.6. The molecule has 0 aliphatic heterocycles. The molecule has 0 saturated heterocycles. The van der Waals surface area contributed by atoms with Crippen molar-refractivity contribution in [2.45, 2.75) is 105 Å². The molecule has 0 amide bonds. The van der Waals surface area contributed by atoms with Crippen molar-refractivity contribution in [1.29, 1.82) is 0 Å². The van der Waals surface area contributed by atoms with Crippen molar-refractivity contribution >= 4 is 5.97 Å². The van der Waals surface area contributed by atoms with Gasteiger partial charge in [-0.15, -0.1) is 0 Å². The average molecular weight is 441 g/mol. The molecule has 4 fully saturated rings. The zero-order valence-electron chi connectivity index (χ0n) is 21.0. The Bertz CT molecular complexity index is 885. The van der Waals surface area contributed by atoms with Crippen LogP contribution in [0, 0.1) is 44.8 Å². The number of allylic oxidation sites excluding steroid dienone is 3. The maximum absolute atomic E-state index is 12.6. The zero-order valence-corrected chi connectivity index (χ0v) is 21.0. The molecule has 0 bridgehead atoms. The standard InChI is InChI=1S/C29H44O3/c1-18-9-14-29(24(31)32)16-15-27(5)19(20(29)17-18)7-8-22-26(4)12-11-23(30)25(2,3)21(26)10-13-28(22,27)6/h7,20-23,30H,1,8-17H2,2-6H3,(H,31,32)/t20?,21-,22+,23+,26-,27+,28?,29?/m0/s1. The number of fused-ring (bicyclic) bond motifs is 7. The van der Waals surface area contributed by atoms with Gasteiger partial charge >= 0.3 is 5.97 Å². The van der Waals surface area contributed by atoms with E-state index in [9.17, 15) is 15.0 Å². The van der Waals surface area contributed by atoms with Gasteiger partial charge in [-0.25, -0.2) is 0 Å². The molecule has 0 radical (unpaired) electrons. The number of carboxylic acid groups (broad SMARTS) is 1. The second kappa shape index (κ2) is 6.74. The van der Waals surface area contributed by atoms with E-state index in [0.717, 1.165) is 51.4 Å². The minimum absolute atomic E-state index is 0.0363. The molecule has 0 spiro atoms. The van der Waals surface area contributed by atoms with Gasteiger partial charge in [-0.05, 0) is 97.7 Å². The number of aliphatic carboxylic acids is 1. The largest absolute Gasteiger partial charge is 0.481 e. The van der Waals surface area contributed by atoms with Gasteiger partial charge in [0.15, 0.2) is 0 Å². The van der Waals surface area contributed by atoms with E-state index in [1.54, 1.807) is 0 Å². The summed E-state index contributed by atoms with van der Waals surface area (Å²) in [7, 11) is 0. The molecular formula is C29H44O3.